The Morgan fingerprint density at radius 2 is 2.00 bits per heavy atom. The van der Waals surface area contributed by atoms with Gasteiger partial charge in [0.05, 0.1) is 0 Å². The molecule has 3 nitrogen and oxygen atoms in total. The molecular formula is C15H24N2O. The second-order valence-electron chi connectivity index (χ2n) is 4.61. The van der Waals surface area contributed by atoms with Crippen molar-refractivity contribution in [3.8, 4) is 0 Å². The predicted octanol–water partition coefficient (Wildman–Crippen LogP) is 2.73. The average molecular weight is 248 g/mol. The predicted molar refractivity (Wildman–Crippen MR) is 74.9 cm³/mol. The van der Waals surface area contributed by atoms with Gasteiger partial charge in [0.15, 0.2) is 0 Å². The van der Waals surface area contributed by atoms with Crippen LogP contribution in [0.3, 0.4) is 0 Å². The fourth-order valence-corrected chi connectivity index (χ4v) is 1.87. The van der Waals surface area contributed by atoms with E-state index in [-0.39, 0.29) is 5.91 Å². The maximum absolute atomic E-state index is 11.6. The van der Waals surface area contributed by atoms with E-state index in [1.807, 2.05) is 24.3 Å². The van der Waals surface area contributed by atoms with Gasteiger partial charge in [0.1, 0.15) is 0 Å². The summed E-state index contributed by atoms with van der Waals surface area (Å²) in [7, 11) is 0. The molecule has 18 heavy (non-hydrogen) atoms. The van der Waals surface area contributed by atoms with Crippen LogP contribution in [0, 0.1) is 0 Å². The van der Waals surface area contributed by atoms with Gasteiger partial charge in [-0.2, -0.15) is 0 Å². The molecule has 100 valence electrons. The van der Waals surface area contributed by atoms with Crippen LogP contribution in [0.4, 0.5) is 0 Å². The number of nitrogens with two attached hydrogens (primary N) is 1. The third kappa shape index (κ3) is 5.82. The molecule has 0 aliphatic carbocycles. The summed E-state index contributed by atoms with van der Waals surface area (Å²) < 4.78 is 0. The molecule has 0 saturated heterocycles. The number of benzene rings is 1. The van der Waals surface area contributed by atoms with Crippen LogP contribution >= 0.6 is 0 Å². The summed E-state index contributed by atoms with van der Waals surface area (Å²) in [6.45, 7) is 3.31. The lowest BCUT2D eigenvalue weighted by Crippen LogP contribution is -2.22. The van der Waals surface area contributed by atoms with Crippen LogP contribution in [0.1, 0.15) is 50.2 Å². The van der Waals surface area contributed by atoms with Gasteiger partial charge < -0.3 is 11.1 Å². The van der Waals surface area contributed by atoms with Crippen molar-refractivity contribution in [1.82, 2.24) is 5.32 Å². The molecule has 3 N–H and O–H groups in total. The molecule has 0 spiro atoms. The van der Waals surface area contributed by atoms with Gasteiger partial charge in [-0.25, -0.2) is 0 Å². The molecule has 0 aliphatic heterocycles. The summed E-state index contributed by atoms with van der Waals surface area (Å²) in [6, 6.07) is 8.02. The molecule has 1 aromatic rings. The van der Waals surface area contributed by atoms with Crippen molar-refractivity contribution in [2.24, 2.45) is 5.73 Å². The molecule has 0 aromatic heterocycles. The van der Waals surface area contributed by atoms with Crippen LogP contribution in [-0.4, -0.2) is 5.91 Å². The molecule has 0 radical (unpaired) electrons. The molecular weight excluding hydrogens is 224 g/mol. The van der Waals surface area contributed by atoms with Crippen molar-refractivity contribution < 1.29 is 4.79 Å². The Balaban J connectivity index is 2.24. The van der Waals surface area contributed by atoms with Crippen molar-refractivity contribution in [2.45, 2.75) is 52.1 Å². The van der Waals surface area contributed by atoms with Gasteiger partial charge in [-0.3, -0.25) is 4.79 Å². The number of unbranched alkanes of at least 4 members (excludes halogenated alkanes) is 3. The van der Waals surface area contributed by atoms with Crippen molar-refractivity contribution in [3.63, 3.8) is 0 Å². The van der Waals surface area contributed by atoms with E-state index >= 15 is 0 Å². The lowest BCUT2D eigenvalue weighted by molar-refractivity contribution is -0.121. The Bertz CT molecular complexity index is 363. The molecule has 0 bridgehead atoms. The van der Waals surface area contributed by atoms with Gasteiger partial charge in [-0.1, -0.05) is 50.5 Å². The largest absolute Gasteiger partial charge is 0.352 e. The average Bonchev–Trinajstić information content (AvgIpc) is 2.41. The first-order valence-electron chi connectivity index (χ1n) is 6.81. The lowest BCUT2D eigenvalue weighted by atomic mass is 10.1. The number of carbonyl (C=O) groups excluding carboxylic acids is 1. The number of carbonyl (C=O) groups is 1. The highest BCUT2D eigenvalue weighted by Gasteiger charge is 2.01. The third-order valence-corrected chi connectivity index (χ3v) is 2.97. The maximum atomic E-state index is 11.6. The molecule has 1 amide bonds. The second kappa shape index (κ2) is 8.70. The SMILES string of the molecule is CCCCCCC(=O)NCc1cccc(CN)c1. The lowest BCUT2D eigenvalue weighted by Gasteiger charge is -2.06. The van der Waals surface area contributed by atoms with E-state index < -0.39 is 0 Å². The summed E-state index contributed by atoms with van der Waals surface area (Å²) in [5.74, 6) is 0.143. The fraction of sp³-hybridized carbons (Fsp3) is 0.533. The van der Waals surface area contributed by atoms with Gasteiger partial charge in [-0.05, 0) is 17.5 Å². The number of rotatable bonds is 8. The molecule has 1 rings (SSSR count). The highest BCUT2D eigenvalue weighted by molar-refractivity contribution is 5.75. The van der Waals surface area contributed by atoms with Crippen molar-refractivity contribution >= 4 is 5.91 Å². The summed E-state index contributed by atoms with van der Waals surface area (Å²) in [4.78, 5) is 11.6. The van der Waals surface area contributed by atoms with E-state index in [9.17, 15) is 4.79 Å². The molecule has 0 aliphatic rings. The smallest absolute Gasteiger partial charge is 0.220 e. The van der Waals surface area contributed by atoms with E-state index in [4.69, 9.17) is 5.73 Å². The van der Waals surface area contributed by atoms with Crippen LogP contribution in [0.25, 0.3) is 0 Å². The van der Waals surface area contributed by atoms with E-state index in [0.717, 1.165) is 24.0 Å². The number of amides is 1. The summed E-state index contributed by atoms with van der Waals surface area (Å²) in [5.41, 5.74) is 7.79. The Morgan fingerprint density at radius 1 is 1.22 bits per heavy atom. The van der Waals surface area contributed by atoms with Crippen LogP contribution in [0.15, 0.2) is 24.3 Å². The first kappa shape index (κ1) is 14.7. The topological polar surface area (TPSA) is 55.1 Å². The zero-order valence-corrected chi connectivity index (χ0v) is 11.2. The van der Waals surface area contributed by atoms with Gasteiger partial charge in [0.2, 0.25) is 5.91 Å². The molecule has 0 saturated carbocycles. The van der Waals surface area contributed by atoms with E-state index in [1.54, 1.807) is 0 Å². The Hall–Kier alpha value is -1.35. The Labute approximate surface area is 110 Å². The monoisotopic (exact) mass is 248 g/mol. The molecule has 0 unspecified atom stereocenters. The van der Waals surface area contributed by atoms with Crippen molar-refractivity contribution in [3.05, 3.63) is 35.4 Å². The van der Waals surface area contributed by atoms with E-state index in [1.165, 1.54) is 12.8 Å². The van der Waals surface area contributed by atoms with Crippen LogP contribution in [0.2, 0.25) is 0 Å². The highest BCUT2D eigenvalue weighted by Crippen LogP contribution is 2.05. The van der Waals surface area contributed by atoms with Gasteiger partial charge >= 0.3 is 0 Å². The first-order valence-corrected chi connectivity index (χ1v) is 6.81. The quantitative estimate of drug-likeness (QED) is 0.695. The van der Waals surface area contributed by atoms with Gasteiger partial charge in [0.25, 0.3) is 0 Å². The third-order valence-electron chi connectivity index (χ3n) is 2.97. The minimum absolute atomic E-state index is 0.143. The first-order chi connectivity index (χ1) is 8.76. The van der Waals surface area contributed by atoms with E-state index in [0.29, 0.717) is 19.5 Å². The normalized spacial score (nSPS) is 10.3. The van der Waals surface area contributed by atoms with Gasteiger partial charge in [-0.15, -0.1) is 0 Å². The molecule has 0 atom stereocenters. The standard InChI is InChI=1S/C15H24N2O/c1-2-3-4-5-9-15(18)17-12-14-8-6-7-13(10-14)11-16/h6-8,10H,2-5,9,11-12,16H2,1H3,(H,17,18). The molecule has 0 heterocycles. The van der Waals surface area contributed by atoms with Crippen molar-refractivity contribution in [2.75, 3.05) is 0 Å². The Morgan fingerprint density at radius 3 is 2.72 bits per heavy atom. The minimum atomic E-state index is 0.143. The highest BCUT2D eigenvalue weighted by atomic mass is 16.1. The van der Waals surface area contributed by atoms with E-state index in [2.05, 4.69) is 12.2 Å². The molecule has 0 fully saturated rings. The van der Waals surface area contributed by atoms with Crippen LogP contribution in [-0.2, 0) is 17.9 Å². The summed E-state index contributed by atoms with van der Waals surface area (Å²) >= 11 is 0. The number of hydrogen-bond donors (Lipinski definition) is 2. The zero-order valence-electron chi connectivity index (χ0n) is 11.2. The fourth-order valence-electron chi connectivity index (χ4n) is 1.87. The van der Waals surface area contributed by atoms with Crippen molar-refractivity contribution in [1.29, 1.82) is 0 Å². The Kier molecular flexibility index (Phi) is 7.11. The number of hydrogen-bond acceptors (Lipinski definition) is 2. The summed E-state index contributed by atoms with van der Waals surface area (Å²) in [5, 5.41) is 2.95. The summed E-state index contributed by atoms with van der Waals surface area (Å²) in [6.07, 6.45) is 5.19. The second-order valence-corrected chi connectivity index (χ2v) is 4.61. The maximum Gasteiger partial charge on any atom is 0.220 e. The van der Waals surface area contributed by atoms with Crippen LogP contribution in [0.5, 0.6) is 0 Å². The number of nitrogens with one attached hydrogen (secondary N) is 1. The van der Waals surface area contributed by atoms with Crippen LogP contribution < -0.4 is 11.1 Å². The zero-order chi connectivity index (χ0) is 13.2. The molecule has 3 heteroatoms. The molecule has 1 aromatic carbocycles. The minimum Gasteiger partial charge on any atom is -0.352 e. The van der Waals surface area contributed by atoms with Gasteiger partial charge in [0, 0.05) is 19.5 Å².